The van der Waals surface area contributed by atoms with E-state index in [9.17, 15) is 14.0 Å². The van der Waals surface area contributed by atoms with Crippen molar-refractivity contribution >= 4 is 28.2 Å². The molecule has 3 aromatic rings. The van der Waals surface area contributed by atoms with E-state index in [1.54, 1.807) is 12.1 Å². The predicted molar refractivity (Wildman–Crippen MR) is 128 cm³/mol. The molecule has 2 atom stereocenters. The molecule has 1 aromatic heterocycles. The molecule has 2 aromatic carbocycles. The van der Waals surface area contributed by atoms with Gasteiger partial charge in [0.1, 0.15) is 10.8 Å². The van der Waals surface area contributed by atoms with Crippen molar-refractivity contribution in [2.45, 2.75) is 45.4 Å². The largest absolute Gasteiger partial charge is 0.365 e. The Morgan fingerprint density at radius 2 is 1.69 bits per heavy atom. The molecular weight excluding hydrogens is 423 g/mol. The summed E-state index contributed by atoms with van der Waals surface area (Å²) in [6.45, 7) is 8.39. The predicted octanol–water partition coefficient (Wildman–Crippen LogP) is 6.00. The van der Waals surface area contributed by atoms with Crippen molar-refractivity contribution in [2.24, 2.45) is 11.7 Å². The Morgan fingerprint density at radius 1 is 1.06 bits per heavy atom. The number of carbonyl (C=O) groups is 2. The zero-order chi connectivity index (χ0) is 23.2. The first kappa shape index (κ1) is 22.2. The van der Waals surface area contributed by atoms with Gasteiger partial charge >= 0.3 is 0 Å². The van der Waals surface area contributed by atoms with Crippen LogP contribution in [0.3, 0.4) is 0 Å². The normalized spacial score (nSPS) is 17.8. The molecule has 6 heteroatoms. The Kier molecular flexibility index (Phi) is 5.67. The van der Waals surface area contributed by atoms with Crippen molar-refractivity contribution in [3.8, 4) is 11.1 Å². The quantitative estimate of drug-likeness (QED) is 0.500. The number of carbonyl (C=O) groups excluding carboxylic acids is 2. The molecular formula is C26H27FN2O2S. The van der Waals surface area contributed by atoms with Crippen molar-refractivity contribution in [3.63, 3.8) is 0 Å². The van der Waals surface area contributed by atoms with Crippen molar-refractivity contribution in [1.82, 2.24) is 0 Å². The van der Waals surface area contributed by atoms with E-state index in [0.717, 1.165) is 16.9 Å². The summed E-state index contributed by atoms with van der Waals surface area (Å²) in [5.74, 6) is -1.03. The second-order valence-corrected chi connectivity index (χ2v) is 10.6. The van der Waals surface area contributed by atoms with E-state index in [0.29, 0.717) is 16.1 Å². The number of hydrogen-bond acceptors (Lipinski definition) is 3. The molecule has 2 amide bonds. The van der Waals surface area contributed by atoms with E-state index in [4.69, 9.17) is 5.73 Å². The molecule has 1 fully saturated rings. The molecule has 1 heterocycles. The first-order valence-corrected chi connectivity index (χ1v) is 11.5. The summed E-state index contributed by atoms with van der Waals surface area (Å²) in [6.07, 6.45) is 0.780. The standard InChI is InChI=1S/C26H27FN2O2S/c1-14-21(16-7-11-18(27)12-8-16)22(23(28)30)25(32-14)29-24(31)20-13-19(20)15-5-9-17(10-6-15)26(2,3)4/h5-12,19-20H,13H2,1-4H3,(H2,28,30)(H,29,31)/t19-,20+/m1/s1. The van der Waals surface area contributed by atoms with E-state index >= 15 is 0 Å². The third-order valence-corrected chi connectivity index (χ3v) is 7.05. The zero-order valence-corrected chi connectivity index (χ0v) is 19.5. The van der Waals surface area contributed by atoms with Crippen molar-refractivity contribution in [3.05, 3.63) is 75.9 Å². The fourth-order valence-electron chi connectivity index (χ4n) is 4.12. The van der Waals surface area contributed by atoms with Gasteiger partial charge in [0, 0.05) is 16.4 Å². The van der Waals surface area contributed by atoms with E-state index in [1.807, 2.05) is 6.92 Å². The SMILES string of the molecule is Cc1sc(NC(=O)[C@H]2C[C@@H]2c2ccc(C(C)(C)C)cc2)c(C(N)=O)c1-c1ccc(F)cc1. The number of anilines is 1. The van der Waals surface area contributed by atoms with Gasteiger partial charge in [-0.3, -0.25) is 9.59 Å². The molecule has 32 heavy (non-hydrogen) atoms. The zero-order valence-electron chi connectivity index (χ0n) is 18.7. The molecule has 1 aliphatic rings. The highest BCUT2D eigenvalue weighted by Gasteiger charge is 2.44. The molecule has 1 aliphatic carbocycles. The van der Waals surface area contributed by atoms with Crippen LogP contribution in [0.5, 0.6) is 0 Å². The third kappa shape index (κ3) is 4.32. The highest BCUT2D eigenvalue weighted by molar-refractivity contribution is 7.17. The molecule has 1 saturated carbocycles. The van der Waals surface area contributed by atoms with Crippen molar-refractivity contribution < 1.29 is 14.0 Å². The van der Waals surface area contributed by atoms with E-state index < -0.39 is 5.91 Å². The molecule has 0 radical (unpaired) electrons. The number of thiophene rings is 1. The molecule has 0 saturated heterocycles. The summed E-state index contributed by atoms with van der Waals surface area (Å²) < 4.78 is 13.3. The summed E-state index contributed by atoms with van der Waals surface area (Å²) in [6, 6.07) is 14.4. The number of aryl methyl sites for hydroxylation is 1. The van der Waals surface area contributed by atoms with Crippen LogP contribution in [0.4, 0.5) is 9.39 Å². The van der Waals surface area contributed by atoms with Crippen LogP contribution in [0, 0.1) is 18.7 Å². The minimum atomic E-state index is -0.617. The minimum Gasteiger partial charge on any atom is -0.365 e. The van der Waals surface area contributed by atoms with Crippen LogP contribution < -0.4 is 11.1 Å². The molecule has 166 valence electrons. The van der Waals surface area contributed by atoms with Gasteiger partial charge in [0.2, 0.25) is 5.91 Å². The van der Waals surface area contributed by atoms with Crippen LogP contribution >= 0.6 is 11.3 Å². The Hall–Kier alpha value is -2.99. The van der Waals surface area contributed by atoms with Gasteiger partial charge in [-0.15, -0.1) is 11.3 Å². The maximum Gasteiger partial charge on any atom is 0.252 e. The lowest BCUT2D eigenvalue weighted by atomic mass is 9.86. The second-order valence-electron chi connectivity index (χ2n) is 9.42. The first-order valence-electron chi connectivity index (χ1n) is 10.7. The van der Waals surface area contributed by atoms with E-state index in [2.05, 4.69) is 50.4 Å². The maximum absolute atomic E-state index is 13.3. The highest BCUT2D eigenvalue weighted by Crippen LogP contribution is 2.49. The number of nitrogens with one attached hydrogen (secondary N) is 1. The number of hydrogen-bond donors (Lipinski definition) is 2. The van der Waals surface area contributed by atoms with Crippen LogP contribution in [0.2, 0.25) is 0 Å². The monoisotopic (exact) mass is 450 g/mol. The summed E-state index contributed by atoms with van der Waals surface area (Å²) in [5.41, 5.74) is 9.79. The number of rotatable bonds is 5. The molecule has 3 N–H and O–H groups in total. The van der Waals surface area contributed by atoms with Gasteiger partial charge in [-0.2, -0.15) is 0 Å². The first-order chi connectivity index (χ1) is 15.1. The number of nitrogens with two attached hydrogens (primary N) is 1. The molecule has 0 spiro atoms. The summed E-state index contributed by atoms with van der Waals surface area (Å²) >= 11 is 1.32. The van der Waals surface area contributed by atoms with E-state index in [-0.39, 0.29) is 34.5 Å². The summed E-state index contributed by atoms with van der Waals surface area (Å²) in [4.78, 5) is 26.1. The summed E-state index contributed by atoms with van der Waals surface area (Å²) in [7, 11) is 0. The van der Waals surface area contributed by atoms with E-state index in [1.165, 1.54) is 29.0 Å². The van der Waals surface area contributed by atoms with Gasteiger partial charge in [0.05, 0.1) is 5.56 Å². The lowest BCUT2D eigenvalue weighted by Gasteiger charge is -2.19. The van der Waals surface area contributed by atoms with Gasteiger partial charge in [0.15, 0.2) is 0 Å². The van der Waals surface area contributed by atoms with Gasteiger partial charge in [0.25, 0.3) is 5.91 Å². The Bertz CT molecular complexity index is 1170. The minimum absolute atomic E-state index is 0.0866. The van der Waals surface area contributed by atoms with Crippen molar-refractivity contribution in [2.75, 3.05) is 5.32 Å². The molecule has 4 rings (SSSR count). The Labute approximate surface area is 191 Å². The van der Waals surface area contributed by atoms with Crippen LogP contribution in [0.25, 0.3) is 11.1 Å². The average molecular weight is 451 g/mol. The lowest BCUT2D eigenvalue weighted by molar-refractivity contribution is -0.117. The molecule has 4 nitrogen and oxygen atoms in total. The van der Waals surface area contributed by atoms with Gasteiger partial charge in [-0.05, 0) is 53.5 Å². The van der Waals surface area contributed by atoms with Crippen LogP contribution in [0.1, 0.15) is 59.5 Å². The number of primary amides is 1. The third-order valence-electron chi connectivity index (χ3n) is 6.03. The van der Waals surface area contributed by atoms with Crippen LogP contribution in [-0.2, 0) is 10.2 Å². The number of halogens is 1. The maximum atomic E-state index is 13.3. The molecule has 0 bridgehead atoms. The Morgan fingerprint density at radius 3 is 2.25 bits per heavy atom. The molecule has 0 unspecified atom stereocenters. The molecule has 0 aliphatic heterocycles. The smallest absolute Gasteiger partial charge is 0.252 e. The number of benzene rings is 2. The fraction of sp³-hybridized carbons (Fsp3) is 0.308. The number of amides is 2. The van der Waals surface area contributed by atoms with Crippen LogP contribution in [0.15, 0.2) is 48.5 Å². The van der Waals surface area contributed by atoms with Gasteiger partial charge in [-0.25, -0.2) is 4.39 Å². The topological polar surface area (TPSA) is 72.2 Å². The van der Waals surface area contributed by atoms with Gasteiger partial charge < -0.3 is 11.1 Å². The van der Waals surface area contributed by atoms with Gasteiger partial charge in [-0.1, -0.05) is 57.2 Å². The Balaban J connectivity index is 1.54. The van der Waals surface area contributed by atoms with Crippen LogP contribution in [-0.4, -0.2) is 11.8 Å². The lowest BCUT2D eigenvalue weighted by Crippen LogP contribution is -2.18. The second kappa shape index (κ2) is 8.17. The van der Waals surface area contributed by atoms with Crippen molar-refractivity contribution in [1.29, 1.82) is 0 Å². The highest BCUT2D eigenvalue weighted by atomic mass is 32.1. The summed E-state index contributed by atoms with van der Waals surface area (Å²) in [5, 5.41) is 3.39. The average Bonchev–Trinajstić information content (AvgIpc) is 3.46. The fourth-order valence-corrected chi connectivity index (χ4v) is 5.20.